The molecule has 4 rings (SSSR count). The van der Waals surface area contributed by atoms with Crippen molar-refractivity contribution in [3.63, 3.8) is 0 Å². The number of hydrogen-bond acceptors (Lipinski definition) is 1. The smallest absolute Gasteiger partial charge is 0.0737 e. The SMILES string of the molecule is Cc1c(-c2ccccc2)ncc2c1ccc1ccccc12. The first-order chi connectivity index (χ1) is 10.3. The van der Waals surface area contributed by atoms with Gasteiger partial charge in [0.2, 0.25) is 0 Å². The maximum absolute atomic E-state index is 4.73. The predicted octanol–water partition coefficient (Wildman–Crippen LogP) is 5.36. The molecule has 0 fully saturated rings. The van der Waals surface area contributed by atoms with Gasteiger partial charge >= 0.3 is 0 Å². The van der Waals surface area contributed by atoms with E-state index in [4.69, 9.17) is 4.98 Å². The Bertz CT molecular complexity index is 940. The van der Waals surface area contributed by atoms with Gasteiger partial charge in [-0.05, 0) is 28.6 Å². The van der Waals surface area contributed by atoms with Crippen molar-refractivity contribution in [1.29, 1.82) is 0 Å². The van der Waals surface area contributed by atoms with Crippen molar-refractivity contribution in [2.75, 3.05) is 0 Å². The maximum atomic E-state index is 4.73. The molecule has 0 aliphatic rings. The van der Waals surface area contributed by atoms with E-state index in [2.05, 4.69) is 67.6 Å². The van der Waals surface area contributed by atoms with Gasteiger partial charge in [0, 0.05) is 17.1 Å². The van der Waals surface area contributed by atoms with Crippen LogP contribution in [0.5, 0.6) is 0 Å². The third kappa shape index (κ3) is 1.90. The van der Waals surface area contributed by atoms with Crippen LogP contribution in [-0.4, -0.2) is 4.98 Å². The number of benzene rings is 3. The topological polar surface area (TPSA) is 12.9 Å². The lowest BCUT2D eigenvalue weighted by Crippen LogP contribution is -1.90. The lowest BCUT2D eigenvalue weighted by Gasteiger charge is -2.10. The standard InChI is InChI=1S/C20H15N/c1-14-17-12-11-15-7-5-6-10-18(15)19(17)13-21-20(14)16-8-3-2-4-9-16/h2-13H,1H3. The minimum Gasteiger partial charge on any atom is -0.255 e. The van der Waals surface area contributed by atoms with Crippen molar-refractivity contribution in [2.45, 2.75) is 6.92 Å². The van der Waals surface area contributed by atoms with E-state index in [1.165, 1.54) is 32.7 Å². The van der Waals surface area contributed by atoms with Crippen LogP contribution in [0.1, 0.15) is 5.56 Å². The number of hydrogen-bond donors (Lipinski definition) is 0. The van der Waals surface area contributed by atoms with Gasteiger partial charge in [-0.2, -0.15) is 0 Å². The van der Waals surface area contributed by atoms with Gasteiger partial charge in [0.05, 0.1) is 5.69 Å². The quantitative estimate of drug-likeness (QED) is 0.424. The summed E-state index contributed by atoms with van der Waals surface area (Å²) in [7, 11) is 0. The van der Waals surface area contributed by atoms with Crippen LogP contribution in [0.2, 0.25) is 0 Å². The van der Waals surface area contributed by atoms with E-state index in [0.29, 0.717) is 0 Å². The summed E-state index contributed by atoms with van der Waals surface area (Å²) in [5.74, 6) is 0. The molecule has 0 bridgehead atoms. The zero-order valence-corrected chi connectivity index (χ0v) is 11.9. The molecule has 3 aromatic carbocycles. The maximum Gasteiger partial charge on any atom is 0.0737 e. The van der Waals surface area contributed by atoms with Crippen LogP contribution in [0.4, 0.5) is 0 Å². The Hall–Kier alpha value is -2.67. The summed E-state index contributed by atoms with van der Waals surface area (Å²) < 4.78 is 0. The molecule has 0 aliphatic carbocycles. The second-order valence-corrected chi connectivity index (χ2v) is 5.35. The number of nitrogens with zero attached hydrogens (tertiary/aromatic N) is 1. The van der Waals surface area contributed by atoms with Crippen LogP contribution in [0, 0.1) is 6.92 Å². The predicted molar refractivity (Wildman–Crippen MR) is 89.4 cm³/mol. The van der Waals surface area contributed by atoms with Crippen LogP contribution < -0.4 is 0 Å². The largest absolute Gasteiger partial charge is 0.255 e. The Labute approximate surface area is 123 Å². The van der Waals surface area contributed by atoms with Gasteiger partial charge in [0.15, 0.2) is 0 Å². The molecular formula is C20H15N. The number of fused-ring (bicyclic) bond motifs is 3. The molecule has 4 aromatic rings. The van der Waals surface area contributed by atoms with Crippen molar-refractivity contribution >= 4 is 21.5 Å². The van der Waals surface area contributed by atoms with Crippen molar-refractivity contribution < 1.29 is 0 Å². The highest BCUT2D eigenvalue weighted by Crippen LogP contribution is 2.31. The van der Waals surface area contributed by atoms with Gasteiger partial charge in [0.25, 0.3) is 0 Å². The van der Waals surface area contributed by atoms with Crippen molar-refractivity contribution in [2.24, 2.45) is 0 Å². The van der Waals surface area contributed by atoms with Gasteiger partial charge in [-0.15, -0.1) is 0 Å². The van der Waals surface area contributed by atoms with Gasteiger partial charge in [-0.1, -0.05) is 66.7 Å². The summed E-state index contributed by atoms with van der Waals surface area (Å²) in [4.78, 5) is 4.73. The average Bonchev–Trinajstić information content (AvgIpc) is 2.56. The molecule has 0 unspecified atom stereocenters. The Kier molecular flexibility index (Phi) is 2.71. The van der Waals surface area contributed by atoms with Crippen molar-refractivity contribution in [1.82, 2.24) is 4.98 Å². The van der Waals surface area contributed by atoms with Gasteiger partial charge < -0.3 is 0 Å². The van der Waals surface area contributed by atoms with Gasteiger partial charge in [0.1, 0.15) is 0 Å². The number of pyridine rings is 1. The number of aryl methyl sites for hydroxylation is 1. The highest BCUT2D eigenvalue weighted by molar-refractivity contribution is 6.09. The van der Waals surface area contributed by atoms with E-state index in [9.17, 15) is 0 Å². The molecule has 1 heterocycles. The first-order valence-electron chi connectivity index (χ1n) is 7.17. The van der Waals surface area contributed by atoms with Crippen molar-refractivity contribution in [3.8, 4) is 11.3 Å². The van der Waals surface area contributed by atoms with E-state index in [-0.39, 0.29) is 0 Å². The Morgan fingerprint density at radius 1 is 0.667 bits per heavy atom. The van der Waals surface area contributed by atoms with Crippen LogP contribution in [-0.2, 0) is 0 Å². The van der Waals surface area contributed by atoms with E-state index in [1.807, 2.05) is 12.3 Å². The molecule has 0 spiro atoms. The average molecular weight is 269 g/mol. The first-order valence-corrected chi connectivity index (χ1v) is 7.17. The normalized spacial score (nSPS) is 11.1. The van der Waals surface area contributed by atoms with E-state index < -0.39 is 0 Å². The second-order valence-electron chi connectivity index (χ2n) is 5.35. The van der Waals surface area contributed by atoms with E-state index in [1.54, 1.807) is 0 Å². The summed E-state index contributed by atoms with van der Waals surface area (Å²) in [6.07, 6.45) is 2.01. The lowest BCUT2D eigenvalue weighted by molar-refractivity contribution is 1.31. The molecular weight excluding hydrogens is 254 g/mol. The van der Waals surface area contributed by atoms with Crippen LogP contribution >= 0.6 is 0 Å². The highest BCUT2D eigenvalue weighted by Gasteiger charge is 2.09. The fourth-order valence-corrected chi connectivity index (χ4v) is 3.00. The summed E-state index contributed by atoms with van der Waals surface area (Å²) in [5.41, 5.74) is 3.48. The Morgan fingerprint density at radius 3 is 2.29 bits per heavy atom. The monoisotopic (exact) mass is 269 g/mol. The summed E-state index contributed by atoms with van der Waals surface area (Å²) >= 11 is 0. The zero-order chi connectivity index (χ0) is 14.2. The molecule has 1 heteroatoms. The molecule has 0 atom stereocenters. The molecule has 0 amide bonds. The molecule has 1 aromatic heterocycles. The van der Waals surface area contributed by atoms with E-state index in [0.717, 1.165) is 5.69 Å². The second kappa shape index (κ2) is 4.71. The Morgan fingerprint density at radius 2 is 1.43 bits per heavy atom. The molecule has 0 saturated heterocycles. The first kappa shape index (κ1) is 12.1. The molecule has 0 saturated carbocycles. The van der Waals surface area contributed by atoms with Gasteiger partial charge in [-0.25, -0.2) is 0 Å². The number of aromatic nitrogens is 1. The third-order valence-electron chi connectivity index (χ3n) is 4.10. The molecule has 0 aliphatic heterocycles. The minimum absolute atomic E-state index is 1.07. The zero-order valence-electron chi connectivity index (χ0n) is 11.9. The van der Waals surface area contributed by atoms with E-state index >= 15 is 0 Å². The number of rotatable bonds is 1. The van der Waals surface area contributed by atoms with Crippen LogP contribution in [0.25, 0.3) is 32.8 Å². The molecule has 100 valence electrons. The minimum atomic E-state index is 1.07. The fraction of sp³-hybridized carbons (Fsp3) is 0.0500. The molecule has 0 N–H and O–H groups in total. The molecule has 1 nitrogen and oxygen atoms in total. The van der Waals surface area contributed by atoms with Gasteiger partial charge in [-0.3, -0.25) is 4.98 Å². The fourth-order valence-electron chi connectivity index (χ4n) is 3.00. The molecule has 21 heavy (non-hydrogen) atoms. The highest BCUT2D eigenvalue weighted by atomic mass is 14.7. The van der Waals surface area contributed by atoms with Crippen molar-refractivity contribution in [3.05, 3.63) is 78.5 Å². The summed E-state index contributed by atoms with van der Waals surface area (Å²) in [5, 5.41) is 5.04. The molecule has 0 radical (unpaired) electrons. The third-order valence-corrected chi connectivity index (χ3v) is 4.10. The summed E-state index contributed by atoms with van der Waals surface area (Å²) in [6.45, 7) is 2.16. The Balaban J connectivity index is 2.06. The lowest BCUT2D eigenvalue weighted by atomic mass is 9.97. The summed E-state index contributed by atoms with van der Waals surface area (Å²) in [6, 6.07) is 23.3. The van der Waals surface area contributed by atoms with Crippen LogP contribution in [0.3, 0.4) is 0 Å². The van der Waals surface area contributed by atoms with Crippen LogP contribution in [0.15, 0.2) is 72.9 Å².